The maximum absolute atomic E-state index is 12.1. The smallest absolute Gasteiger partial charge is 0.235 e. The summed E-state index contributed by atoms with van der Waals surface area (Å²) in [5.41, 5.74) is 0.455. The standard InChI is InChI=1S/C17H14ClN5O2S2/c1-23-14(9-25-13-5-3-2-4-12(13)18)21-22-17(23)27-10-15(24)20-16-11(8-19)6-7-26-16/h2-7H,9-10H2,1H3,(H,20,24). The van der Waals surface area contributed by atoms with Gasteiger partial charge in [0.05, 0.1) is 16.3 Å². The van der Waals surface area contributed by atoms with Gasteiger partial charge in [0, 0.05) is 7.05 Å². The van der Waals surface area contributed by atoms with E-state index in [1.807, 2.05) is 18.2 Å². The number of benzene rings is 1. The number of carbonyl (C=O) groups excluding carboxylic acids is 1. The quantitative estimate of drug-likeness (QED) is 0.587. The van der Waals surface area contributed by atoms with E-state index in [0.29, 0.717) is 32.3 Å². The van der Waals surface area contributed by atoms with Crippen molar-refractivity contribution in [1.29, 1.82) is 5.26 Å². The van der Waals surface area contributed by atoms with E-state index < -0.39 is 0 Å². The van der Waals surface area contributed by atoms with Crippen LogP contribution in [0.25, 0.3) is 0 Å². The molecule has 3 rings (SSSR count). The van der Waals surface area contributed by atoms with Crippen LogP contribution >= 0.6 is 34.7 Å². The Kier molecular flexibility index (Phi) is 6.34. The third kappa shape index (κ3) is 4.80. The van der Waals surface area contributed by atoms with Gasteiger partial charge in [0.25, 0.3) is 0 Å². The van der Waals surface area contributed by atoms with Crippen LogP contribution in [0.15, 0.2) is 40.9 Å². The summed E-state index contributed by atoms with van der Waals surface area (Å²) in [4.78, 5) is 12.1. The minimum Gasteiger partial charge on any atom is -0.484 e. The number of hydrogen-bond acceptors (Lipinski definition) is 7. The Bertz CT molecular complexity index is 995. The van der Waals surface area contributed by atoms with Crippen LogP contribution in [0, 0.1) is 11.3 Å². The molecule has 0 aliphatic rings. The van der Waals surface area contributed by atoms with E-state index in [4.69, 9.17) is 21.6 Å². The van der Waals surface area contributed by atoms with Crippen molar-refractivity contribution in [2.24, 2.45) is 7.05 Å². The second kappa shape index (κ2) is 8.90. The van der Waals surface area contributed by atoms with E-state index >= 15 is 0 Å². The van der Waals surface area contributed by atoms with Gasteiger partial charge in [-0.1, -0.05) is 35.5 Å². The molecule has 2 aromatic heterocycles. The number of rotatable bonds is 7. The van der Waals surface area contributed by atoms with Gasteiger partial charge < -0.3 is 14.6 Å². The number of nitrogens with one attached hydrogen (secondary N) is 1. The number of hydrogen-bond donors (Lipinski definition) is 1. The van der Waals surface area contributed by atoms with E-state index in [9.17, 15) is 4.79 Å². The number of nitriles is 1. The number of carbonyl (C=O) groups is 1. The molecule has 2 heterocycles. The SMILES string of the molecule is Cn1c(COc2ccccc2Cl)nnc1SCC(=O)Nc1sccc1C#N. The van der Waals surface area contributed by atoms with E-state index in [1.165, 1.54) is 23.1 Å². The zero-order valence-corrected chi connectivity index (χ0v) is 16.6. The van der Waals surface area contributed by atoms with Crippen molar-refractivity contribution < 1.29 is 9.53 Å². The van der Waals surface area contributed by atoms with Gasteiger partial charge in [0.2, 0.25) is 5.91 Å². The van der Waals surface area contributed by atoms with Crippen LogP contribution in [-0.2, 0) is 18.4 Å². The largest absolute Gasteiger partial charge is 0.484 e. The molecule has 0 saturated heterocycles. The molecular weight excluding hydrogens is 406 g/mol. The number of aromatic nitrogens is 3. The number of amides is 1. The molecule has 0 fully saturated rings. The molecule has 0 bridgehead atoms. The van der Waals surface area contributed by atoms with Crippen molar-refractivity contribution in [3.63, 3.8) is 0 Å². The number of para-hydroxylation sites is 1. The predicted octanol–water partition coefficient (Wildman–Crippen LogP) is 3.71. The van der Waals surface area contributed by atoms with Gasteiger partial charge in [0.1, 0.15) is 23.4 Å². The number of thiophene rings is 1. The first-order chi connectivity index (χ1) is 13.1. The second-order valence-corrected chi connectivity index (χ2v) is 7.55. The summed E-state index contributed by atoms with van der Waals surface area (Å²) in [5, 5.41) is 23.3. The summed E-state index contributed by atoms with van der Waals surface area (Å²) >= 11 is 8.63. The molecule has 0 aliphatic carbocycles. The van der Waals surface area contributed by atoms with Crippen molar-refractivity contribution in [3.8, 4) is 11.8 Å². The number of ether oxygens (including phenoxy) is 1. The normalized spacial score (nSPS) is 10.4. The number of nitrogens with zero attached hydrogens (tertiary/aromatic N) is 4. The Labute approximate surface area is 168 Å². The molecule has 0 aliphatic heterocycles. The lowest BCUT2D eigenvalue weighted by molar-refractivity contribution is -0.113. The Morgan fingerprint density at radius 3 is 3.00 bits per heavy atom. The number of halogens is 1. The van der Waals surface area contributed by atoms with Gasteiger partial charge in [0.15, 0.2) is 11.0 Å². The molecule has 138 valence electrons. The topological polar surface area (TPSA) is 92.8 Å². The van der Waals surface area contributed by atoms with Crippen molar-refractivity contribution in [1.82, 2.24) is 14.8 Å². The zero-order chi connectivity index (χ0) is 19.2. The first-order valence-corrected chi connectivity index (χ1v) is 9.98. The van der Waals surface area contributed by atoms with Crippen LogP contribution in [0.1, 0.15) is 11.4 Å². The maximum atomic E-state index is 12.1. The Balaban J connectivity index is 1.55. The molecule has 7 nitrogen and oxygen atoms in total. The highest BCUT2D eigenvalue weighted by Crippen LogP contribution is 2.25. The molecule has 1 amide bonds. The highest BCUT2D eigenvalue weighted by Gasteiger charge is 2.14. The fourth-order valence-corrected chi connectivity index (χ4v) is 3.76. The third-order valence-corrected chi connectivity index (χ3v) is 5.65. The van der Waals surface area contributed by atoms with E-state index in [0.717, 1.165) is 0 Å². The molecule has 27 heavy (non-hydrogen) atoms. The lowest BCUT2D eigenvalue weighted by atomic mass is 10.3. The van der Waals surface area contributed by atoms with Crippen LogP contribution in [0.3, 0.4) is 0 Å². The van der Waals surface area contributed by atoms with Crippen LogP contribution in [0.2, 0.25) is 5.02 Å². The first-order valence-electron chi connectivity index (χ1n) is 7.74. The summed E-state index contributed by atoms with van der Waals surface area (Å²) in [6.45, 7) is 0.209. The average Bonchev–Trinajstić information content (AvgIpc) is 3.25. The van der Waals surface area contributed by atoms with Gasteiger partial charge in [-0.2, -0.15) is 5.26 Å². The maximum Gasteiger partial charge on any atom is 0.235 e. The molecule has 0 spiro atoms. The van der Waals surface area contributed by atoms with Gasteiger partial charge in [-0.3, -0.25) is 4.79 Å². The summed E-state index contributed by atoms with van der Waals surface area (Å²) in [6.07, 6.45) is 0. The van der Waals surface area contributed by atoms with Gasteiger partial charge in [-0.25, -0.2) is 0 Å². The van der Waals surface area contributed by atoms with Gasteiger partial charge in [-0.15, -0.1) is 21.5 Å². The first kappa shape index (κ1) is 19.2. The molecule has 1 aromatic carbocycles. The zero-order valence-electron chi connectivity index (χ0n) is 14.2. The molecule has 3 aromatic rings. The Morgan fingerprint density at radius 1 is 1.41 bits per heavy atom. The lowest BCUT2D eigenvalue weighted by Crippen LogP contribution is -2.14. The predicted molar refractivity (Wildman–Crippen MR) is 105 cm³/mol. The van der Waals surface area contributed by atoms with Crippen LogP contribution < -0.4 is 10.1 Å². The van der Waals surface area contributed by atoms with E-state index in [-0.39, 0.29) is 18.3 Å². The van der Waals surface area contributed by atoms with Crippen LogP contribution in [-0.4, -0.2) is 26.4 Å². The van der Waals surface area contributed by atoms with E-state index in [2.05, 4.69) is 15.5 Å². The van der Waals surface area contributed by atoms with Crippen molar-refractivity contribution in [2.75, 3.05) is 11.1 Å². The Hall–Kier alpha value is -2.54. The van der Waals surface area contributed by atoms with Gasteiger partial charge >= 0.3 is 0 Å². The highest BCUT2D eigenvalue weighted by molar-refractivity contribution is 7.99. The highest BCUT2D eigenvalue weighted by atomic mass is 35.5. The molecule has 0 atom stereocenters. The van der Waals surface area contributed by atoms with Crippen molar-refractivity contribution in [2.45, 2.75) is 11.8 Å². The summed E-state index contributed by atoms with van der Waals surface area (Å²) in [6, 6.07) is 10.9. The summed E-state index contributed by atoms with van der Waals surface area (Å²) in [5.74, 6) is 1.12. The molecular formula is C17H14ClN5O2S2. The van der Waals surface area contributed by atoms with Crippen LogP contribution in [0.5, 0.6) is 5.75 Å². The second-order valence-electron chi connectivity index (χ2n) is 5.29. The summed E-state index contributed by atoms with van der Waals surface area (Å²) < 4.78 is 7.43. The van der Waals surface area contributed by atoms with Gasteiger partial charge in [-0.05, 0) is 23.6 Å². The molecule has 10 heteroatoms. The minimum atomic E-state index is -0.212. The fourth-order valence-electron chi connectivity index (χ4n) is 2.09. The molecule has 0 saturated carbocycles. The van der Waals surface area contributed by atoms with Crippen molar-refractivity contribution >= 4 is 45.6 Å². The number of thioether (sulfide) groups is 1. The molecule has 1 N–H and O–H groups in total. The van der Waals surface area contributed by atoms with Crippen LogP contribution in [0.4, 0.5) is 5.00 Å². The number of anilines is 1. The minimum absolute atomic E-state index is 0.153. The van der Waals surface area contributed by atoms with Crippen molar-refractivity contribution in [3.05, 3.63) is 52.1 Å². The molecule has 0 unspecified atom stereocenters. The molecule has 0 radical (unpaired) electrons. The summed E-state index contributed by atoms with van der Waals surface area (Å²) in [7, 11) is 1.80. The Morgan fingerprint density at radius 2 is 2.22 bits per heavy atom. The van der Waals surface area contributed by atoms with E-state index in [1.54, 1.807) is 35.2 Å². The lowest BCUT2D eigenvalue weighted by Gasteiger charge is -2.08. The third-order valence-electron chi connectivity index (χ3n) is 3.49. The average molecular weight is 420 g/mol. The fraction of sp³-hybridized carbons (Fsp3) is 0.176. The monoisotopic (exact) mass is 419 g/mol.